The molecule has 1 aliphatic heterocycles. The van der Waals surface area contributed by atoms with Crippen LogP contribution in [-0.2, 0) is 16.6 Å². The average Bonchev–Trinajstić information content (AvgIpc) is 2.88. The van der Waals surface area contributed by atoms with E-state index in [0.29, 0.717) is 35.4 Å². The Morgan fingerprint density at radius 2 is 1.85 bits per heavy atom. The summed E-state index contributed by atoms with van der Waals surface area (Å²) in [7, 11) is -3.62. The van der Waals surface area contributed by atoms with Crippen molar-refractivity contribution in [1.82, 2.24) is 24.1 Å². The molecule has 1 saturated heterocycles. The SMILES string of the molecule is CCn1nc(C)c(S(=O)(=O)N2CCCC(Oc3nc(C)cc(C)n3)C2)c1C. The van der Waals surface area contributed by atoms with Crippen molar-refractivity contribution in [3.8, 4) is 6.01 Å². The minimum atomic E-state index is -3.62. The van der Waals surface area contributed by atoms with Gasteiger partial charge < -0.3 is 4.74 Å². The fraction of sp³-hybridized carbons (Fsp3) is 0.611. The lowest BCUT2D eigenvalue weighted by Crippen LogP contribution is -2.44. The number of piperidine rings is 1. The molecule has 0 aromatic carbocycles. The van der Waals surface area contributed by atoms with E-state index in [1.165, 1.54) is 4.31 Å². The molecular weight excluding hydrogens is 366 g/mol. The van der Waals surface area contributed by atoms with Gasteiger partial charge in [-0.05, 0) is 53.5 Å². The number of aryl methyl sites for hydroxylation is 4. The Bertz CT molecular complexity index is 918. The van der Waals surface area contributed by atoms with Crippen molar-refractivity contribution in [3.05, 3.63) is 28.8 Å². The molecule has 0 saturated carbocycles. The fourth-order valence-corrected chi connectivity index (χ4v) is 5.49. The first-order valence-corrected chi connectivity index (χ1v) is 10.7. The fourth-order valence-electron chi connectivity index (χ4n) is 3.61. The van der Waals surface area contributed by atoms with Crippen LogP contribution >= 0.6 is 0 Å². The van der Waals surface area contributed by atoms with Crippen LogP contribution in [0.5, 0.6) is 6.01 Å². The normalized spacial score (nSPS) is 18.6. The topological polar surface area (TPSA) is 90.2 Å². The zero-order chi connectivity index (χ0) is 19.8. The van der Waals surface area contributed by atoms with Gasteiger partial charge in [0.25, 0.3) is 0 Å². The van der Waals surface area contributed by atoms with Crippen molar-refractivity contribution >= 4 is 10.0 Å². The Morgan fingerprint density at radius 3 is 2.44 bits per heavy atom. The first-order chi connectivity index (χ1) is 12.7. The smallest absolute Gasteiger partial charge is 0.317 e. The number of sulfonamides is 1. The zero-order valence-corrected chi connectivity index (χ0v) is 17.4. The van der Waals surface area contributed by atoms with E-state index in [1.807, 2.05) is 26.8 Å². The third kappa shape index (κ3) is 3.98. The van der Waals surface area contributed by atoms with Crippen molar-refractivity contribution in [3.63, 3.8) is 0 Å². The van der Waals surface area contributed by atoms with E-state index in [2.05, 4.69) is 15.1 Å². The number of hydrogen-bond donors (Lipinski definition) is 0. The maximum atomic E-state index is 13.3. The van der Waals surface area contributed by atoms with Crippen molar-refractivity contribution in [2.75, 3.05) is 13.1 Å². The second kappa shape index (κ2) is 7.55. The van der Waals surface area contributed by atoms with Crippen molar-refractivity contribution in [1.29, 1.82) is 0 Å². The summed E-state index contributed by atoms with van der Waals surface area (Å²) in [5.74, 6) is 0. The second-order valence-corrected chi connectivity index (χ2v) is 8.87. The Morgan fingerprint density at radius 1 is 1.19 bits per heavy atom. The van der Waals surface area contributed by atoms with Gasteiger partial charge in [0.05, 0.1) is 17.9 Å². The standard InChI is InChI=1S/C18H27N5O3S/c1-6-23-15(5)17(14(4)21-23)27(24,25)22-9-7-8-16(11-22)26-18-19-12(2)10-13(3)20-18/h10,16H,6-9,11H2,1-5H3. The summed E-state index contributed by atoms with van der Waals surface area (Å²) in [6.45, 7) is 10.7. The molecule has 2 aromatic heterocycles. The third-order valence-corrected chi connectivity index (χ3v) is 6.91. The summed E-state index contributed by atoms with van der Waals surface area (Å²) >= 11 is 0. The van der Waals surface area contributed by atoms with Gasteiger partial charge in [-0.25, -0.2) is 18.4 Å². The predicted molar refractivity (Wildman–Crippen MR) is 101 cm³/mol. The van der Waals surface area contributed by atoms with Crippen LogP contribution in [0.2, 0.25) is 0 Å². The summed E-state index contributed by atoms with van der Waals surface area (Å²) in [5.41, 5.74) is 2.87. The molecule has 0 aliphatic carbocycles. The lowest BCUT2D eigenvalue weighted by molar-refractivity contribution is 0.118. The molecule has 2 aromatic rings. The number of ether oxygens (including phenoxy) is 1. The average molecular weight is 394 g/mol. The van der Waals surface area contributed by atoms with E-state index in [4.69, 9.17) is 4.74 Å². The number of nitrogens with zero attached hydrogens (tertiary/aromatic N) is 5. The maximum absolute atomic E-state index is 13.3. The minimum Gasteiger partial charge on any atom is -0.459 e. The first kappa shape index (κ1) is 19.8. The van der Waals surface area contributed by atoms with Crippen LogP contribution in [0.4, 0.5) is 0 Å². The number of aromatic nitrogens is 4. The van der Waals surface area contributed by atoms with E-state index >= 15 is 0 Å². The van der Waals surface area contributed by atoms with Gasteiger partial charge >= 0.3 is 6.01 Å². The van der Waals surface area contributed by atoms with Gasteiger partial charge in [-0.3, -0.25) is 4.68 Å². The van der Waals surface area contributed by atoms with E-state index in [-0.39, 0.29) is 12.6 Å². The van der Waals surface area contributed by atoms with Gasteiger partial charge in [-0.2, -0.15) is 9.40 Å². The molecule has 27 heavy (non-hydrogen) atoms. The van der Waals surface area contributed by atoms with Crippen LogP contribution in [0, 0.1) is 27.7 Å². The molecule has 0 N–H and O–H groups in total. The van der Waals surface area contributed by atoms with Crippen LogP contribution in [0.1, 0.15) is 42.5 Å². The van der Waals surface area contributed by atoms with Gasteiger partial charge in [0.2, 0.25) is 10.0 Å². The Hall–Kier alpha value is -2.00. The molecule has 148 valence electrons. The lowest BCUT2D eigenvalue weighted by Gasteiger charge is -2.31. The molecule has 1 atom stereocenters. The molecular formula is C18H27N5O3S. The monoisotopic (exact) mass is 393 g/mol. The molecule has 9 heteroatoms. The molecule has 3 rings (SSSR count). The highest BCUT2D eigenvalue weighted by Crippen LogP contribution is 2.27. The van der Waals surface area contributed by atoms with Gasteiger partial charge in [-0.1, -0.05) is 0 Å². The Labute approximate surface area is 160 Å². The van der Waals surface area contributed by atoms with Gasteiger partial charge in [0.15, 0.2) is 0 Å². The van der Waals surface area contributed by atoms with Gasteiger partial charge in [-0.15, -0.1) is 0 Å². The molecule has 1 unspecified atom stereocenters. The molecule has 0 radical (unpaired) electrons. The quantitative estimate of drug-likeness (QED) is 0.773. The summed E-state index contributed by atoms with van der Waals surface area (Å²) in [5, 5.41) is 4.36. The molecule has 1 fully saturated rings. The van der Waals surface area contributed by atoms with Crippen LogP contribution in [0.3, 0.4) is 0 Å². The van der Waals surface area contributed by atoms with Crippen LogP contribution in [0.15, 0.2) is 11.0 Å². The van der Waals surface area contributed by atoms with E-state index in [0.717, 1.165) is 24.2 Å². The summed E-state index contributed by atoms with van der Waals surface area (Å²) < 4.78 is 35.6. The molecule has 0 spiro atoms. The molecule has 8 nitrogen and oxygen atoms in total. The maximum Gasteiger partial charge on any atom is 0.317 e. The summed E-state index contributed by atoms with van der Waals surface area (Å²) in [6, 6.07) is 2.18. The highest BCUT2D eigenvalue weighted by molar-refractivity contribution is 7.89. The van der Waals surface area contributed by atoms with Gasteiger partial charge in [0.1, 0.15) is 11.0 Å². The van der Waals surface area contributed by atoms with E-state index in [1.54, 1.807) is 18.5 Å². The minimum absolute atomic E-state index is 0.267. The van der Waals surface area contributed by atoms with Gasteiger partial charge in [0, 0.05) is 24.5 Å². The third-order valence-electron chi connectivity index (χ3n) is 4.79. The van der Waals surface area contributed by atoms with Crippen molar-refractivity contribution in [2.45, 2.75) is 65.0 Å². The Balaban J connectivity index is 1.82. The van der Waals surface area contributed by atoms with E-state index in [9.17, 15) is 8.42 Å². The lowest BCUT2D eigenvalue weighted by atomic mass is 10.1. The zero-order valence-electron chi connectivity index (χ0n) is 16.6. The largest absolute Gasteiger partial charge is 0.459 e. The Kier molecular flexibility index (Phi) is 5.53. The van der Waals surface area contributed by atoms with Crippen LogP contribution in [0.25, 0.3) is 0 Å². The molecule has 1 aliphatic rings. The predicted octanol–water partition coefficient (Wildman–Crippen LogP) is 2.16. The van der Waals surface area contributed by atoms with Crippen LogP contribution in [-0.4, -0.2) is 51.7 Å². The van der Waals surface area contributed by atoms with E-state index < -0.39 is 10.0 Å². The second-order valence-electron chi connectivity index (χ2n) is 6.99. The van der Waals surface area contributed by atoms with Crippen LogP contribution < -0.4 is 4.74 Å². The highest BCUT2D eigenvalue weighted by Gasteiger charge is 2.35. The summed E-state index contributed by atoms with van der Waals surface area (Å²) in [6.07, 6.45) is 1.24. The highest BCUT2D eigenvalue weighted by atomic mass is 32.2. The first-order valence-electron chi connectivity index (χ1n) is 9.25. The molecule has 0 amide bonds. The summed E-state index contributed by atoms with van der Waals surface area (Å²) in [4.78, 5) is 8.92. The van der Waals surface area contributed by atoms with Crippen molar-refractivity contribution in [2.24, 2.45) is 0 Å². The molecule has 3 heterocycles. The number of rotatable bonds is 5. The molecule has 0 bridgehead atoms. The van der Waals surface area contributed by atoms with Crippen molar-refractivity contribution < 1.29 is 13.2 Å². The number of hydrogen-bond acceptors (Lipinski definition) is 6.